The van der Waals surface area contributed by atoms with E-state index >= 15 is 0 Å². The third-order valence-corrected chi connectivity index (χ3v) is 2.82. The maximum absolute atomic E-state index is 12.1. The number of hydrogen-bond acceptors (Lipinski definition) is 6. The molecule has 0 aliphatic carbocycles. The molecule has 19 heavy (non-hydrogen) atoms. The zero-order valence-electron chi connectivity index (χ0n) is 9.87. The van der Waals surface area contributed by atoms with Crippen molar-refractivity contribution in [2.75, 3.05) is 19.6 Å². The van der Waals surface area contributed by atoms with E-state index in [4.69, 9.17) is 10.2 Å². The monoisotopic (exact) mass is 268 g/mol. The second kappa shape index (κ2) is 5.06. The third kappa shape index (κ3) is 2.55. The first-order valence-corrected chi connectivity index (χ1v) is 5.56. The Labute approximate surface area is 107 Å². The quantitative estimate of drug-likeness (QED) is 0.538. The summed E-state index contributed by atoms with van der Waals surface area (Å²) in [6.45, 7) is 1.04. The Balaban J connectivity index is 2.21. The van der Waals surface area contributed by atoms with E-state index in [2.05, 4.69) is 5.32 Å². The average molecular weight is 268 g/mol. The molecule has 1 fully saturated rings. The fourth-order valence-corrected chi connectivity index (χ4v) is 1.88. The maximum Gasteiger partial charge on any atom is 0.433 e. The fourth-order valence-electron chi connectivity index (χ4n) is 1.88. The lowest BCUT2D eigenvalue weighted by atomic mass is 10.1. The van der Waals surface area contributed by atoms with Crippen molar-refractivity contribution in [1.82, 2.24) is 10.2 Å². The summed E-state index contributed by atoms with van der Waals surface area (Å²) < 4.78 is 4.83. The summed E-state index contributed by atoms with van der Waals surface area (Å²) in [5.41, 5.74) is 5.22. The first kappa shape index (κ1) is 13.0. The van der Waals surface area contributed by atoms with Gasteiger partial charge in [0.05, 0.1) is 6.07 Å². The topological polar surface area (TPSA) is 132 Å². The Morgan fingerprint density at radius 1 is 1.53 bits per heavy atom. The van der Waals surface area contributed by atoms with Gasteiger partial charge < -0.3 is 20.4 Å². The molecule has 0 radical (unpaired) electrons. The van der Waals surface area contributed by atoms with Gasteiger partial charge >= 0.3 is 5.88 Å². The van der Waals surface area contributed by atoms with E-state index in [0.717, 1.165) is 6.07 Å². The van der Waals surface area contributed by atoms with Gasteiger partial charge in [0.2, 0.25) is 5.91 Å². The van der Waals surface area contributed by atoms with Crippen LogP contribution in [0.15, 0.2) is 16.5 Å². The molecule has 1 aromatic heterocycles. The number of carbonyl (C=O) groups excluding carboxylic acids is 2. The van der Waals surface area contributed by atoms with Gasteiger partial charge in [0.1, 0.15) is 11.0 Å². The number of hydrogen-bond donors (Lipinski definition) is 2. The fraction of sp³-hybridized carbons (Fsp3) is 0.400. The molecular weight excluding hydrogens is 256 g/mol. The first-order chi connectivity index (χ1) is 9.00. The van der Waals surface area contributed by atoms with E-state index in [1.165, 1.54) is 11.0 Å². The zero-order chi connectivity index (χ0) is 14.0. The number of rotatable bonds is 3. The van der Waals surface area contributed by atoms with Crippen LogP contribution in [0.2, 0.25) is 0 Å². The lowest BCUT2D eigenvalue weighted by Gasteiger charge is -2.33. The Bertz CT molecular complexity index is 526. The van der Waals surface area contributed by atoms with Gasteiger partial charge in [-0.15, -0.1) is 0 Å². The molecule has 0 saturated carbocycles. The molecule has 1 aliphatic rings. The second-order valence-electron chi connectivity index (χ2n) is 4.02. The van der Waals surface area contributed by atoms with Gasteiger partial charge in [-0.1, -0.05) is 0 Å². The Morgan fingerprint density at radius 3 is 2.84 bits per heavy atom. The van der Waals surface area contributed by atoms with Crippen LogP contribution >= 0.6 is 0 Å². The van der Waals surface area contributed by atoms with Crippen molar-refractivity contribution in [3.63, 3.8) is 0 Å². The standard InChI is InChI=1S/C10H12N4O5/c11-9(15)6-5-12-3-4-13(6)10(16)7-1-2-8(19-7)14(17)18/h1-2,6,12H,3-5H2,(H2,11,15). The third-order valence-electron chi connectivity index (χ3n) is 2.82. The van der Waals surface area contributed by atoms with E-state index < -0.39 is 28.7 Å². The number of furan rings is 1. The predicted octanol–water partition coefficient (Wildman–Crippen LogP) is -0.913. The molecule has 9 heteroatoms. The van der Waals surface area contributed by atoms with Crippen LogP contribution in [-0.4, -0.2) is 47.3 Å². The van der Waals surface area contributed by atoms with Crippen molar-refractivity contribution < 1.29 is 18.9 Å². The van der Waals surface area contributed by atoms with Crippen LogP contribution in [0.4, 0.5) is 5.88 Å². The molecule has 1 aliphatic heterocycles. The van der Waals surface area contributed by atoms with Crippen LogP contribution in [-0.2, 0) is 4.79 Å². The van der Waals surface area contributed by atoms with E-state index in [-0.39, 0.29) is 18.8 Å². The number of nitrogens with two attached hydrogens (primary N) is 1. The number of primary amides is 1. The van der Waals surface area contributed by atoms with Crippen LogP contribution < -0.4 is 11.1 Å². The van der Waals surface area contributed by atoms with Crippen molar-refractivity contribution >= 4 is 17.7 Å². The molecule has 0 bridgehead atoms. The molecule has 3 N–H and O–H groups in total. The summed E-state index contributed by atoms with van der Waals surface area (Å²) in [5.74, 6) is -1.92. The molecule has 1 unspecified atom stereocenters. The van der Waals surface area contributed by atoms with Crippen molar-refractivity contribution in [1.29, 1.82) is 0 Å². The molecule has 2 amide bonds. The minimum absolute atomic E-state index is 0.181. The summed E-state index contributed by atoms with van der Waals surface area (Å²) in [6.07, 6.45) is 0. The van der Waals surface area contributed by atoms with Gasteiger partial charge in [-0.25, -0.2) is 0 Å². The zero-order valence-corrected chi connectivity index (χ0v) is 9.87. The van der Waals surface area contributed by atoms with E-state index in [1.807, 2.05) is 0 Å². The molecule has 2 rings (SSSR count). The lowest BCUT2D eigenvalue weighted by Crippen LogP contribution is -2.58. The van der Waals surface area contributed by atoms with Crippen LogP contribution in [0.1, 0.15) is 10.6 Å². The molecule has 1 atom stereocenters. The Morgan fingerprint density at radius 2 is 2.26 bits per heavy atom. The van der Waals surface area contributed by atoms with Gasteiger partial charge in [-0.2, -0.15) is 0 Å². The van der Waals surface area contributed by atoms with Crippen LogP contribution in [0, 0.1) is 10.1 Å². The normalized spacial score (nSPS) is 19.2. The number of nitro groups is 1. The minimum Gasteiger partial charge on any atom is -0.395 e. The van der Waals surface area contributed by atoms with Crippen molar-refractivity contribution in [2.24, 2.45) is 5.73 Å². The van der Waals surface area contributed by atoms with Crippen molar-refractivity contribution in [3.8, 4) is 0 Å². The largest absolute Gasteiger partial charge is 0.433 e. The summed E-state index contributed by atoms with van der Waals surface area (Å²) >= 11 is 0. The number of carbonyl (C=O) groups is 2. The molecule has 2 heterocycles. The van der Waals surface area contributed by atoms with Gasteiger partial charge in [0.25, 0.3) is 5.91 Å². The maximum atomic E-state index is 12.1. The molecule has 9 nitrogen and oxygen atoms in total. The van der Waals surface area contributed by atoms with Crippen LogP contribution in [0.3, 0.4) is 0 Å². The Kier molecular flexibility index (Phi) is 3.47. The van der Waals surface area contributed by atoms with Gasteiger partial charge in [0, 0.05) is 19.6 Å². The number of nitrogens with zero attached hydrogens (tertiary/aromatic N) is 2. The molecule has 1 saturated heterocycles. The number of amides is 2. The smallest absolute Gasteiger partial charge is 0.395 e. The molecule has 0 aromatic carbocycles. The SMILES string of the molecule is NC(=O)C1CNCCN1C(=O)c1ccc([N+](=O)[O-])o1. The van der Waals surface area contributed by atoms with Gasteiger partial charge in [0.15, 0.2) is 5.76 Å². The van der Waals surface area contributed by atoms with Crippen LogP contribution in [0.25, 0.3) is 0 Å². The van der Waals surface area contributed by atoms with Crippen molar-refractivity contribution in [3.05, 3.63) is 28.0 Å². The highest BCUT2D eigenvalue weighted by molar-refractivity contribution is 5.95. The van der Waals surface area contributed by atoms with Gasteiger partial charge in [-0.05, 0) is 6.07 Å². The van der Waals surface area contributed by atoms with E-state index in [0.29, 0.717) is 6.54 Å². The van der Waals surface area contributed by atoms with Crippen LogP contribution in [0.5, 0.6) is 0 Å². The second-order valence-corrected chi connectivity index (χ2v) is 4.02. The minimum atomic E-state index is -0.787. The number of piperazine rings is 1. The highest BCUT2D eigenvalue weighted by atomic mass is 16.6. The molecule has 102 valence electrons. The number of nitrogens with one attached hydrogen (secondary N) is 1. The highest BCUT2D eigenvalue weighted by Gasteiger charge is 2.33. The van der Waals surface area contributed by atoms with E-state index in [9.17, 15) is 19.7 Å². The van der Waals surface area contributed by atoms with Crippen molar-refractivity contribution in [2.45, 2.75) is 6.04 Å². The summed E-state index contributed by atoms with van der Waals surface area (Å²) in [5, 5.41) is 13.4. The lowest BCUT2D eigenvalue weighted by molar-refractivity contribution is -0.402. The summed E-state index contributed by atoms with van der Waals surface area (Å²) in [4.78, 5) is 34.4. The van der Waals surface area contributed by atoms with Gasteiger partial charge in [-0.3, -0.25) is 19.7 Å². The highest BCUT2D eigenvalue weighted by Crippen LogP contribution is 2.18. The summed E-state index contributed by atoms with van der Waals surface area (Å²) in [6, 6.07) is 1.51. The Hall–Kier alpha value is -2.42. The predicted molar refractivity (Wildman–Crippen MR) is 62.3 cm³/mol. The molecule has 1 aromatic rings. The average Bonchev–Trinajstić information content (AvgIpc) is 2.87. The molecular formula is C10H12N4O5. The van der Waals surface area contributed by atoms with E-state index in [1.54, 1.807) is 0 Å². The molecule has 0 spiro atoms. The first-order valence-electron chi connectivity index (χ1n) is 5.56. The summed E-state index contributed by atoms with van der Waals surface area (Å²) in [7, 11) is 0.